The molecule has 0 aliphatic rings. The zero-order valence-electron chi connectivity index (χ0n) is 8.69. The number of nitrogen functional groups attached to an aromatic ring is 1. The second-order valence-corrected chi connectivity index (χ2v) is 3.18. The molecule has 0 atom stereocenters. The first-order valence-electron chi connectivity index (χ1n) is 4.45. The van der Waals surface area contributed by atoms with Crippen LogP contribution in [0.15, 0.2) is 12.3 Å². The van der Waals surface area contributed by atoms with Gasteiger partial charge >= 0.3 is 6.18 Å². The molecule has 1 aromatic heterocycles. The lowest BCUT2D eigenvalue weighted by Gasteiger charge is -2.09. The molecule has 1 aromatic rings. The quantitative estimate of drug-likeness (QED) is 0.621. The highest BCUT2D eigenvalue weighted by Gasteiger charge is 2.28. The second-order valence-electron chi connectivity index (χ2n) is 3.18. The van der Waals surface area contributed by atoms with Crippen LogP contribution in [0.5, 0.6) is 0 Å². The number of nitro groups is 1. The Morgan fingerprint density at radius 3 is 2.67 bits per heavy atom. The largest absolute Gasteiger partial charge is 0.405 e. The number of halogens is 3. The molecular formula is C8H7F3N4O3. The summed E-state index contributed by atoms with van der Waals surface area (Å²) in [6.45, 7) is -1.56. The van der Waals surface area contributed by atoms with Crippen LogP contribution in [-0.4, -0.2) is 28.5 Å². The number of anilines is 1. The van der Waals surface area contributed by atoms with Gasteiger partial charge in [0.25, 0.3) is 11.6 Å². The third-order valence-electron chi connectivity index (χ3n) is 1.81. The molecule has 3 N–H and O–H groups in total. The van der Waals surface area contributed by atoms with Crippen molar-refractivity contribution in [2.24, 2.45) is 0 Å². The van der Waals surface area contributed by atoms with Crippen LogP contribution in [0.3, 0.4) is 0 Å². The molecule has 1 heterocycles. The van der Waals surface area contributed by atoms with Crippen molar-refractivity contribution >= 4 is 17.4 Å². The van der Waals surface area contributed by atoms with Crippen LogP contribution in [-0.2, 0) is 0 Å². The van der Waals surface area contributed by atoms with Crippen molar-refractivity contribution in [3.63, 3.8) is 0 Å². The molecule has 0 saturated heterocycles. The van der Waals surface area contributed by atoms with Crippen LogP contribution >= 0.6 is 0 Å². The number of hydrogen-bond acceptors (Lipinski definition) is 5. The van der Waals surface area contributed by atoms with Gasteiger partial charge in [0, 0.05) is 6.07 Å². The zero-order valence-corrected chi connectivity index (χ0v) is 8.69. The van der Waals surface area contributed by atoms with E-state index >= 15 is 0 Å². The summed E-state index contributed by atoms with van der Waals surface area (Å²) in [5.74, 6) is -1.57. The van der Waals surface area contributed by atoms with E-state index in [1.165, 1.54) is 5.32 Å². The maximum Gasteiger partial charge on any atom is 0.405 e. The molecule has 0 aliphatic carbocycles. The molecule has 0 bridgehead atoms. The molecule has 98 valence electrons. The number of carbonyl (C=O) groups is 1. The normalized spacial score (nSPS) is 11.1. The fraction of sp³-hybridized carbons (Fsp3) is 0.250. The Morgan fingerprint density at radius 2 is 2.17 bits per heavy atom. The van der Waals surface area contributed by atoms with Crippen molar-refractivity contribution in [2.45, 2.75) is 6.18 Å². The van der Waals surface area contributed by atoms with Gasteiger partial charge in [-0.15, -0.1) is 0 Å². The highest BCUT2D eigenvalue weighted by Crippen LogP contribution is 2.17. The molecule has 1 amide bonds. The first-order chi connectivity index (χ1) is 8.20. The summed E-state index contributed by atoms with van der Waals surface area (Å²) in [7, 11) is 0. The van der Waals surface area contributed by atoms with Crippen molar-refractivity contribution in [1.82, 2.24) is 10.3 Å². The molecular weight excluding hydrogens is 257 g/mol. The van der Waals surface area contributed by atoms with Crippen LogP contribution in [0.4, 0.5) is 24.7 Å². The van der Waals surface area contributed by atoms with Crippen LogP contribution in [0, 0.1) is 10.1 Å². The predicted molar refractivity (Wildman–Crippen MR) is 53.7 cm³/mol. The summed E-state index contributed by atoms with van der Waals surface area (Å²) < 4.78 is 35.6. The van der Waals surface area contributed by atoms with E-state index in [4.69, 9.17) is 5.73 Å². The number of rotatable bonds is 3. The van der Waals surface area contributed by atoms with Gasteiger partial charge in [-0.2, -0.15) is 13.2 Å². The number of nitrogens with two attached hydrogens (primary N) is 1. The van der Waals surface area contributed by atoms with Crippen LogP contribution < -0.4 is 11.1 Å². The monoisotopic (exact) mass is 264 g/mol. The molecule has 0 radical (unpaired) electrons. The molecule has 0 fully saturated rings. The second kappa shape index (κ2) is 4.85. The van der Waals surface area contributed by atoms with Gasteiger partial charge in [-0.3, -0.25) is 14.9 Å². The lowest BCUT2D eigenvalue weighted by atomic mass is 10.2. The van der Waals surface area contributed by atoms with Crippen LogP contribution in [0.1, 0.15) is 10.4 Å². The highest BCUT2D eigenvalue weighted by molar-refractivity contribution is 5.98. The molecule has 18 heavy (non-hydrogen) atoms. The number of amides is 1. The fourth-order valence-electron chi connectivity index (χ4n) is 1.02. The van der Waals surface area contributed by atoms with Crippen LogP contribution in [0.2, 0.25) is 0 Å². The van der Waals surface area contributed by atoms with E-state index in [1.54, 1.807) is 0 Å². The minimum Gasteiger partial charge on any atom is -0.383 e. The first-order valence-corrected chi connectivity index (χ1v) is 4.45. The van der Waals surface area contributed by atoms with E-state index in [-0.39, 0.29) is 5.82 Å². The Hall–Kier alpha value is -2.39. The van der Waals surface area contributed by atoms with E-state index in [2.05, 4.69) is 4.98 Å². The van der Waals surface area contributed by atoms with Gasteiger partial charge in [0.2, 0.25) is 0 Å². The van der Waals surface area contributed by atoms with Crippen LogP contribution in [0.25, 0.3) is 0 Å². The molecule has 1 rings (SSSR count). The lowest BCUT2D eigenvalue weighted by molar-refractivity contribution is -0.385. The van der Waals surface area contributed by atoms with E-state index in [0.717, 1.165) is 12.3 Å². The van der Waals surface area contributed by atoms with Gasteiger partial charge in [0.15, 0.2) is 0 Å². The summed E-state index contributed by atoms with van der Waals surface area (Å²) in [4.78, 5) is 24.3. The number of nitrogens with zero attached hydrogens (tertiary/aromatic N) is 2. The number of alkyl halides is 3. The summed E-state index contributed by atoms with van der Waals surface area (Å²) in [6, 6.07) is 0.758. The topological polar surface area (TPSA) is 111 Å². The van der Waals surface area contributed by atoms with E-state index in [0.29, 0.717) is 0 Å². The van der Waals surface area contributed by atoms with Gasteiger partial charge < -0.3 is 11.1 Å². The fourth-order valence-corrected chi connectivity index (χ4v) is 1.02. The Bertz CT molecular complexity index is 489. The molecule has 0 saturated carbocycles. The van der Waals surface area contributed by atoms with E-state index in [9.17, 15) is 28.1 Å². The van der Waals surface area contributed by atoms with Gasteiger partial charge in [-0.1, -0.05) is 0 Å². The number of hydrogen-bond donors (Lipinski definition) is 2. The summed E-state index contributed by atoms with van der Waals surface area (Å²) in [6.07, 6.45) is -3.78. The SMILES string of the molecule is Nc1ncc([N+](=O)[O-])cc1C(=O)NCC(F)(F)F. The zero-order chi connectivity index (χ0) is 13.9. The first kappa shape index (κ1) is 13.7. The number of aromatic nitrogens is 1. The predicted octanol–water partition coefficient (Wildman–Crippen LogP) is 0.864. The molecule has 7 nitrogen and oxygen atoms in total. The average Bonchev–Trinajstić information content (AvgIpc) is 2.25. The van der Waals surface area contributed by atoms with Crippen molar-refractivity contribution in [3.05, 3.63) is 27.9 Å². The summed E-state index contributed by atoms with van der Waals surface area (Å²) in [5.41, 5.74) is 4.24. The number of nitrogens with one attached hydrogen (secondary N) is 1. The highest BCUT2D eigenvalue weighted by atomic mass is 19.4. The molecule has 0 unspecified atom stereocenters. The Kier molecular flexibility index (Phi) is 3.69. The maximum atomic E-state index is 11.9. The third-order valence-corrected chi connectivity index (χ3v) is 1.81. The third kappa shape index (κ3) is 3.57. The number of pyridine rings is 1. The Morgan fingerprint density at radius 1 is 1.56 bits per heavy atom. The van der Waals surface area contributed by atoms with Crippen molar-refractivity contribution in [2.75, 3.05) is 12.3 Å². The van der Waals surface area contributed by atoms with Gasteiger partial charge in [0.05, 0.1) is 10.5 Å². The average molecular weight is 264 g/mol. The van der Waals surface area contributed by atoms with E-state index in [1.807, 2.05) is 0 Å². The van der Waals surface area contributed by atoms with Crippen molar-refractivity contribution < 1.29 is 22.9 Å². The van der Waals surface area contributed by atoms with Gasteiger partial charge in [0.1, 0.15) is 18.6 Å². The minimum atomic E-state index is -4.58. The maximum absolute atomic E-state index is 11.9. The van der Waals surface area contributed by atoms with Gasteiger partial charge in [-0.05, 0) is 0 Å². The Labute approximate surface area is 97.9 Å². The minimum absolute atomic E-state index is 0.389. The number of carbonyl (C=O) groups excluding carboxylic acids is 1. The van der Waals surface area contributed by atoms with Gasteiger partial charge in [-0.25, -0.2) is 4.98 Å². The molecule has 0 aromatic carbocycles. The molecule has 0 aliphatic heterocycles. The molecule has 0 spiro atoms. The summed E-state index contributed by atoms with van der Waals surface area (Å²) >= 11 is 0. The molecule has 10 heteroatoms. The Balaban J connectivity index is 2.91. The summed E-state index contributed by atoms with van der Waals surface area (Å²) in [5, 5.41) is 12.0. The standard InChI is InChI=1S/C8H7F3N4O3/c9-8(10,11)3-14-7(16)5-1-4(15(17)18)2-13-6(5)12/h1-2H,3H2,(H2,12,13)(H,14,16). The van der Waals surface area contributed by atoms with Crippen molar-refractivity contribution in [3.8, 4) is 0 Å². The lowest BCUT2D eigenvalue weighted by Crippen LogP contribution is -2.34. The van der Waals surface area contributed by atoms with E-state index < -0.39 is 34.8 Å². The van der Waals surface area contributed by atoms with Crippen molar-refractivity contribution in [1.29, 1.82) is 0 Å². The smallest absolute Gasteiger partial charge is 0.383 e.